The number of ether oxygens (including phenoxy) is 1. The van der Waals surface area contributed by atoms with Gasteiger partial charge < -0.3 is 15.4 Å². The first-order valence-electron chi connectivity index (χ1n) is 6.06. The summed E-state index contributed by atoms with van der Waals surface area (Å²) in [5.74, 6) is 0.104. The normalized spacial score (nSPS) is 20.2. The molecule has 0 aromatic heterocycles. The molecule has 0 atom stereocenters. The molecule has 1 heterocycles. The van der Waals surface area contributed by atoms with Crippen LogP contribution in [0.4, 0.5) is 0 Å². The van der Waals surface area contributed by atoms with Gasteiger partial charge in [-0.15, -0.1) is 0 Å². The highest BCUT2D eigenvalue weighted by molar-refractivity contribution is 5.77. The number of hydrogen-bond donors (Lipinski definition) is 1. The molecule has 0 aliphatic carbocycles. The van der Waals surface area contributed by atoms with E-state index in [0.29, 0.717) is 6.54 Å². The van der Waals surface area contributed by atoms with Crippen LogP contribution in [0.1, 0.15) is 33.6 Å². The van der Waals surface area contributed by atoms with Crippen LogP contribution in [-0.2, 0) is 9.53 Å². The van der Waals surface area contributed by atoms with Crippen LogP contribution < -0.4 is 5.73 Å². The summed E-state index contributed by atoms with van der Waals surface area (Å²) in [6.45, 7) is 8.61. The van der Waals surface area contributed by atoms with Gasteiger partial charge in [-0.25, -0.2) is 0 Å². The molecule has 1 fully saturated rings. The van der Waals surface area contributed by atoms with Crippen LogP contribution in [0.3, 0.4) is 0 Å². The Hall–Kier alpha value is -0.610. The van der Waals surface area contributed by atoms with E-state index < -0.39 is 0 Å². The van der Waals surface area contributed by atoms with Gasteiger partial charge in [0.1, 0.15) is 6.61 Å². The Balaban J connectivity index is 2.33. The van der Waals surface area contributed by atoms with Crippen LogP contribution in [0, 0.1) is 5.41 Å². The maximum atomic E-state index is 11.8. The van der Waals surface area contributed by atoms with E-state index in [1.807, 2.05) is 18.7 Å². The van der Waals surface area contributed by atoms with Crippen molar-refractivity contribution in [1.82, 2.24) is 4.90 Å². The SMILES string of the molecule is CC(C)OCC(=O)N1CCC(C)(CN)CC1. The number of nitrogens with two attached hydrogens (primary N) is 1. The van der Waals surface area contributed by atoms with Gasteiger partial charge in [-0.05, 0) is 38.6 Å². The van der Waals surface area contributed by atoms with Gasteiger partial charge in [0.2, 0.25) is 5.91 Å². The van der Waals surface area contributed by atoms with Gasteiger partial charge in [0, 0.05) is 13.1 Å². The standard InChI is InChI=1S/C12H24N2O2/c1-10(2)16-8-11(15)14-6-4-12(3,9-13)5-7-14/h10H,4-9,13H2,1-3H3. The van der Waals surface area contributed by atoms with Gasteiger partial charge in [-0.2, -0.15) is 0 Å². The second kappa shape index (κ2) is 5.64. The minimum Gasteiger partial charge on any atom is -0.369 e. The van der Waals surface area contributed by atoms with Crippen molar-refractivity contribution < 1.29 is 9.53 Å². The minimum absolute atomic E-state index is 0.104. The number of rotatable bonds is 4. The summed E-state index contributed by atoms with van der Waals surface area (Å²) in [5, 5.41) is 0. The second-order valence-corrected chi connectivity index (χ2v) is 5.26. The highest BCUT2D eigenvalue weighted by atomic mass is 16.5. The molecule has 4 nitrogen and oxygen atoms in total. The van der Waals surface area contributed by atoms with Gasteiger partial charge in [0.15, 0.2) is 0 Å². The van der Waals surface area contributed by atoms with Crippen LogP contribution in [0.2, 0.25) is 0 Å². The minimum atomic E-state index is 0.104. The number of carbonyl (C=O) groups is 1. The largest absolute Gasteiger partial charge is 0.369 e. The van der Waals surface area contributed by atoms with E-state index in [1.54, 1.807) is 0 Å². The van der Waals surface area contributed by atoms with E-state index in [9.17, 15) is 4.79 Å². The third-order valence-corrected chi connectivity index (χ3v) is 3.36. The molecule has 0 aromatic rings. The van der Waals surface area contributed by atoms with E-state index in [4.69, 9.17) is 10.5 Å². The lowest BCUT2D eigenvalue weighted by molar-refractivity contribution is -0.139. The Morgan fingerprint density at radius 3 is 2.44 bits per heavy atom. The average molecular weight is 228 g/mol. The fourth-order valence-electron chi connectivity index (χ4n) is 1.83. The molecule has 1 amide bonds. The molecule has 2 N–H and O–H groups in total. The van der Waals surface area contributed by atoms with Gasteiger partial charge in [-0.3, -0.25) is 4.79 Å². The Morgan fingerprint density at radius 1 is 1.44 bits per heavy atom. The predicted octanol–water partition coefficient (Wildman–Crippen LogP) is 0.999. The fraction of sp³-hybridized carbons (Fsp3) is 0.917. The number of amides is 1. The molecule has 1 aliphatic rings. The first-order chi connectivity index (χ1) is 7.47. The topological polar surface area (TPSA) is 55.6 Å². The zero-order valence-electron chi connectivity index (χ0n) is 10.7. The Morgan fingerprint density at radius 2 is 2.00 bits per heavy atom. The van der Waals surface area contributed by atoms with Crippen molar-refractivity contribution in [3.63, 3.8) is 0 Å². The first-order valence-corrected chi connectivity index (χ1v) is 6.06. The lowest BCUT2D eigenvalue weighted by atomic mass is 9.80. The van der Waals surface area contributed by atoms with E-state index in [0.717, 1.165) is 25.9 Å². The van der Waals surface area contributed by atoms with Crippen molar-refractivity contribution in [2.45, 2.75) is 39.7 Å². The predicted molar refractivity (Wildman–Crippen MR) is 64.1 cm³/mol. The molecular weight excluding hydrogens is 204 g/mol. The molecule has 1 rings (SSSR count). The number of piperidine rings is 1. The first kappa shape index (κ1) is 13.5. The van der Waals surface area contributed by atoms with Crippen molar-refractivity contribution in [1.29, 1.82) is 0 Å². The Bertz CT molecular complexity index is 233. The highest BCUT2D eigenvalue weighted by Crippen LogP contribution is 2.29. The van der Waals surface area contributed by atoms with Crippen LogP contribution in [0.25, 0.3) is 0 Å². The van der Waals surface area contributed by atoms with Gasteiger partial charge in [-0.1, -0.05) is 6.92 Å². The molecular formula is C12H24N2O2. The number of likely N-dealkylation sites (tertiary alicyclic amines) is 1. The summed E-state index contributed by atoms with van der Waals surface area (Å²) in [6, 6.07) is 0. The maximum absolute atomic E-state index is 11.8. The van der Waals surface area contributed by atoms with Crippen LogP contribution >= 0.6 is 0 Å². The summed E-state index contributed by atoms with van der Waals surface area (Å²) in [4.78, 5) is 13.7. The van der Waals surface area contributed by atoms with Crippen molar-refractivity contribution in [3.8, 4) is 0 Å². The molecule has 16 heavy (non-hydrogen) atoms. The van der Waals surface area contributed by atoms with E-state index >= 15 is 0 Å². The lowest BCUT2D eigenvalue weighted by Gasteiger charge is -2.38. The molecule has 4 heteroatoms. The fourth-order valence-corrected chi connectivity index (χ4v) is 1.83. The number of nitrogens with zero attached hydrogens (tertiary/aromatic N) is 1. The van der Waals surface area contributed by atoms with E-state index in [1.165, 1.54) is 0 Å². The summed E-state index contributed by atoms with van der Waals surface area (Å²) < 4.78 is 5.32. The van der Waals surface area contributed by atoms with Gasteiger partial charge in [0.25, 0.3) is 0 Å². The smallest absolute Gasteiger partial charge is 0.248 e. The summed E-state index contributed by atoms with van der Waals surface area (Å²) >= 11 is 0. The molecule has 0 aromatic carbocycles. The molecule has 0 radical (unpaired) electrons. The monoisotopic (exact) mass is 228 g/mol. The lowest BCUT2D eigenvalue weighted by Crippen LogP contribution is -2.46. The Labute approximate surface area is 98.1 Å². The molecule has 1 saturated heterocycles. The van der Waals surface area contributed by atoms with Crippen molar-refractivity contribution >= 4 is 5.91 Å². The Kier molecular flexibility index (Phi) is 4.74. The van der Waals surface area contributed by atoms with Crippen LogP contribution in [-0.4, -0.2) is 43.2 Å². The molecule has 0 spiro atoms. The maximum Gasteiger partial charge on any atom is 0.248 e. The van der Waals surface area contributed by atoms with E-state index in [-0.39, 0.29) is 24.0 Å². The zero-order valence-corrected chi connectivity index (χ0v) is 10.7. The van der Waals surface area contributed by atoms with Gasteiger partial charge in [0.05, 0.1) is 6.10 Å². The van der Waals surface area contributed by atoms with Crippen molar-refractivity contribution in [2.75, 3.05) is 26.2 Å². The quantitative estimate of drug-likeness (QED) is 0.781. The molecule has 0 bridgehead atoms. The molecule has 0 saturated carbocycles. The zero-order chi connectivity index (χ0) is 12.2. The third kappa shape index (κ3) is 3.76. The second-order valence-electron chi connectivity index (χ2n) is 5.26. The molecule has 1 aliphatic heterocycles. The summed E-state index contributed by atoms with van der Waals surface area (Å²) in [6.07, 6.45) is 2.11. The van der Waals surface area contributed by atoms with Gasteiger partial charge >= 0.3 is 0 Å². The number of hydrogen-bond acceptors (Lipinski definition) is 3. The third-order valence-electron chi connectivity index (χ3n) is 3.36. The molecule has 0 unspecified atom stereocenters. The summed E-state index contributed by atoms with van der Waals surface area (Å²) in [5.41, 5.74) is 5.95. The average Bonchev–Trinajstić information content (AvgIpc) is 2.27. The highest BCUT2D eigenvalue weighted by Gasteiger charge is 2.30. The number of carbonyl (C=O) groups excluding carboxylic acids is 1. The summed E-state index contributed by atoms with van der Waals surface area (Å²) in [7, 11) is 0. The van der Waals surface area contributed by atoms with Crippen molar-refractivity contribution in [3.05, 3.63) is 0 Å². The van der Waals surface area contributed by atoms with Crippen LogP contribution in [0.15, 0.2) is 0 Å². The van der Waals surface area contributed by atoms with Crippen molar-refractivity contribution in [2.24, 2.45) is 11.1 Å². The van der Waals surface area contributed by atoms with E-state index in [2.05, 4.69) is 6.92 Å². The van der Waals surface area contributed by atoms with Crippen LogP contribution in [0.5, 0.6) is 0 Å². The molecule has 94 valence electrons.